The highest BCUT2D eigenvalue weighted by molar-refractivity contribution is 6.05. The molecule has 0 fully saturated rings. The SMILES string of the molecule is COc1ccc(C(=O)Nc2cccc(C(N)=O)c2)c(F)c1. The lowest BCUT2D eigenvalue weighted by atomic mass is 10.1. The van der Waals surface area contributed by atoms with Crippen LogP contribution in [0.3, 0.4) is 0 Å². The van der Waals surface area contributed by atoms with E-state index in [0.29, 0.717) is 11.4 Å². The molecule has 3 N–H and O–H groups in total. The predicted octanol–water partition coefficient (Wildman–Crippen LogP) is 2.19. The maximum atomic E-state index is 13.8. The van der Waals surface area contributed by atoms with Crippen molar-refractivity contribution in [2.24, 2.45) is 5.73 Å². The van der Waals surface area contributed by atoms with Crippen LogP contribution in [0.4, 0.5) is 10.1 Å². The van der Waals surface area contributed by atoms with Gasteiger partial charge in [-0.05, 0) is 30.3 Å². The van der Waals surface area contributed by atoms with E-state index in [1.165, 1.54) is 31.4 Å². The molecule has 6 heteroatoms. The summed E-state index contributed by atoms with van der Waals surface area (Å²) >= 11 is 0. The van der Waals surface area contributed by atoms with E-state index in [2.05, 4.69) is 5.32 Å². The molecule has 2 aromatic rings. The summed E-state index contributed by atoms with van der Waals surface area (Å²) < 4.78 is 18.6. The van der Waals surface area contributed by atoms with Crippen LogP contribution < -0.4 is 15.8 Å². The molecule has 108 valence electrons. The number of nitrogens with two attached hydrogens (primary N) is 1. The maximum Gasteiger partial charge on any atom is 0.258 e. The number of amides is 2. The average molecular weight is 288 g/mol. The lowest BCUT2D eigenvalue weighted by Crippen LogP contribution is -2.15. The highest BCUT2D eigenvalue weighted by Gasteiger charge is 2.13. The summed E-state index contributed by atoms with van der Waals surface area (Å²) in [5.41, 5.74) is 5.64. The quantitative estimate of drug-likeness (QED) is 0.904. The molecule has 0 heterocycles. The van der Waals surface area contributed by atoms with Crippen molar-refractivity contribution >= 4 is 17.5 Å². The van der Waals surface area contributed by atoms with Crippen LogP contribution in [-0.2, 0) is 0 Å². The highest BCUT2D eigenvalue weighted by atomic mass is 19.1. The summed E-state index contributed by atoms with van der Waals surface area (Å²) in [4.78, 5) is 23.1. The van der Waals surface area contributed by atoms with Gasteiger partial charge in [0.1, 0.15) is 11.6 Å². The van der Waals surface area contributed by atoms with Crippen molar-refractivity contribution in [3.8, 4) is 5.75 Å². The number of halogens is 1. The van der Waals surface area contributed by atoms with Crippen molar-refractivity contribution in [3.05, 3.63) is 59.4 Å². The Labute approximate surface area is 120 Å². The molecule has 0 unspecified atom stereocenters. The summed E-state index contributed by atoms with van der Waals surface area (Å²) in [6, 6.07) is 10.0. The van der Waals surface area contributed by atoms with Crippen LogP contribution in [0.5, 0.6) is 5.75 Å². The molecular formula is C15H13FN2O3. The van der Waals surface area contributed by atoms with Gasteiger partial charge in [-0.25, -0.2) is 4.39 Å². The molecule has 0 saturated heterocycles. The monoisotopic (exact) mass is 288 g/mol. The number of carbonyl (C=O) groups is 2. The average Bonchev–Trinajstić information content (AvgIpc) is 2.47. The molecule has 0 aliphatic rings. The van der Waals surface area contributed by atoms with Crippen LogP contribution in [0.2, 0.25) is 0 Å². The Balaban J connectivity index is 2.22. The number of anilines is 1. The van der Waals surface area contributed by atoms with E-state index in [4.69, 9.17) is 10.5 Å². The molecule has 5 nitrogen and oxygen atoms in total. The van der Waals surface area contributed by atoms with E-state index < -0.39 is 17.6 Å². The first kappa shape index (κ1) is 14.5. The van der Waals surface area contributed by atoms with E-state index in [0.717, 1.165) is 6.07 Å². The molecule has 0 aromatic heterocycles. The van der Waals surface area contributed by atoms with Crippen LogP contribution in [0.15, 0.2) is 42.5 Å². The number of carbonyl (C=O) groups excluding carboxylic acids is 2. The molecule has 0 atom stereocenters. The Morgan fingerprint density at radius 2 is 1.95 bits per heavy atom. The summed E-state index contributed by atoms with van der Waals surface area (Å²) in [5, 5.41) is 2.50. The zero-order valence-corrected chi connectivity index (χ0v) is 11.2. The third-order valence-corrected chi connectivity index (χ3v) is 2.83. The molecule has 2 rings (SSSR count). The van der Waals surface area contributed by atoms with Gasteiger partial charge in [-0.2, -0.15) is 0 Å². The third kappa shape index (κ3) is 3.36. The maximum absolute atomic E-state index is 13.8. The predicted molar refractivity (Wildman–Crippen MR) is 75.9 cm³/mol. The number of ether oxygens (including phenoxy) is 1. The number of rotatable bonds is 4. The molecule has 0 aliphatic heterocycles. The van der Waals surface area contributed by atoms with Crippen LogP contribution in [0.1, 0.15) is 20.7 Å². The molecule has 0 spiro atoms. The van der Waals surface area contributed by atoms with E-state index >= 15 is 0 Å². The van der Waals surface area contributed by atoms with Gasteiger partial charge in [0.25, 0.3) is 5.91 Å². The van der Waals surface area contributed by atoms with Gasteiger partial charge in [0, 0.05) is 17.3 Å². The molecule has 0 radical (unpaired) electrons. The van der Waals surface area contributed by atoms with E-state index in [1.807, 2.05) is 0 Å². The van der Waals surface area contributed by atoms with Gasteiger partial charge in [0.05, 0.1) is 12.7 Å². The summed E-state index contributed by atoms with van der Waals surface area (Å²) in [5.74, 6) is -1.61. The fraction of sp³-hybridized carbons (Fsp3) is 0.0667. The van der Waals surface area contributed by atoms with Gasteiger partial charge in [-0.15, -0.1) is 0 Å². The number of nitrogens with one attached hydrogen (secondary N) is 1. The van der Waals surface area contributed by atoms with E-state index in [-0.39, 0.29) is 11.1 Å². The second-order valence-electron chi connectivity index (χ2n) is 4.24. The van der Waals surface area contributed by atoms with Gasteiger partial charge in [0.2, 0.25) is 5.91 Å². The molecule has 0 bridgehead atoms. The number of primary amides is 1. The molecular weight excluding hydrogens is 275 g/mol. The fourth-order valence-electron chi connectivity index (χ4n) is 1.76. The van der Waals surface area contributed by atoms with Crippen LogP contribution in [0, 0.1) is 5.82 Å². The number of hydrogen-bond donors (Lipinski definition) is 2. The zero-order chi connectivity index (χ0) is 15.4. The van der Waals surface area contributed by atoms with Crippen molar-refractivity contribution in [1.82, 2.24) is 0 Å². The summed E-state index contributed by atoms with van der Waals surface area (Å²) in [7, 11) is 1.41. The highest BCUT2D eigenvalue weighted by Crippen LogP contribution is 2.18. The van der Waals surface area contributed by atoms with Crippen LogP contribution in [0.25, 0.3) is 0 Å². The zero-order valence-electron chi connectivity index (χ0n) is 11.2. The Kier molecular flexibility index (Phi) is 4.18. The number of methoxy groups -OCH3 is 1. The Bertz CT molecular complexity index is 701. The third-order valence-electron chi connectivity index (χ3n) is 2.83. The summed E-state index contributed by atoms with van der Waals surface area (Å²) in [6.45, 7) is 0. The molecule has 21 heavy (non-hydrogen) atoms. The minimum absolute atomic E-state index is 0.125. The molecule has 0 saturated carbocycles. The van der Waals surface area contributed by atoms with E-state index in [1.54, 1.807) is 12.1 Å². The van der Waals surface area contributed by atoms with Crippen molar-refractivity contribution < 1.29 is 18.7 Å². The van der Waals surface area contributed by atoms with Gasteiger partial charge in [-0.3, -0.25) is 9.59 Å². The smallest absolute Gasteiger partial charge is 0.258 e. The topological polar surface area (TPSA) is 81.4 Å². The lowest BCUT2D eigenvalue weighted by molar-refractivity contribution is 0.0995. The van der Waals surface area contributed by atoms with Gasteiger partial charge >= 0.3 is 0 Å². The second kappa shape index (κ2) is 6.04. The first-order valence-corrected chi connectivity index (χ1v) is 6.06. The van der Waals surface area contributed by atoms with E-state index in [9.17, 15) is 14.0 Å². The van der Waals surface area contributed by atoms with Crippen LogP contribution >= 0.6 is 0 Å². The minimum atomic E-state index is -0.696. The Morgan fingerprint density at radius 1 is 1.19 bits per heavy atom. The lowest BCUT2D eigenvalue weighted by Gasteiger charge is -2.08. The molecule has 0 aliphatic carbocycles. The second-order valence-corrected chi connectivity index (χ2v) is 4.24. The largest absolute Gasteiger partial charge is 0.497 e. The molecule has 2 aromatic carbocycles. The van der Waals surface area contributed by atoms with Crippen LogP contribution in [-0.4, -0.2) is 18.9 Å². The molecule has 2 amide bonds. The Hall–Kier alpha value is -2.89. The fourth-order valence-corrected chi connectivity index (χ4v) is 1.76. The van der Waals surface area contributed by atoms with Crippen molar-refractivity contribution in [2.45, 2.75) is 0 Å². The van der Waals surface area contributed by atoms with Crippen molar-refractivity contribution in [2.75, 3.05) is 12.4 Å². The van der Waals surface area contributed by atoms with Gasteiger partial charge in [-0.1, -0.05) is 6.07 Å². The number of benzene rings is 2. The normalized spacial score (nSPS) is 10.0. The van der Waals surface area contributed by atoms with Crippen molar-refractivity contribution in [3.63, 3.8) is 0 Å². The standard InChI is InChI=1S/C15H13FN2O3/c1-21-11-5-6-12(13(16)8-11)15(20)18-10-4-2-3-9(7-10)14(17)19/h2-8H,1H3,(H2,17,19)(H,18,20). The minimum Gasteiger partial charge on any atom is -0.497 e. The first-order chi connectivity index (χ1) is 10.0. The summed E-state index contributed by atoms with van der Waals surface area (Å²) in [6.07, 6.45) is 0. The van der Waals surface area contributed by atoms with Gasteiger partial charge < -0.3 is 15.8 Å². The van der Waals surface area contributed by atoms with Crippen molar-refractivity contribution in [1.29, 1.82) is 0 Å². The first-order valence-electron chi connectivity index (χ1n) is 6.06. The van der Waals surface area contributed by atoms with Gasteiger partial charge in [0.15, 0.2) is 0 Å². The number of hydrogen-bond acceptors (Lipinski definition) is 3. The Morgan fingerprint density at radius 3 is 2.57 bits per heavy atom.